The number of aromatic nitrogens is 2. The van der Waals surface area contributed by atoms with E-state index in [0.717, 1.165) is 38.9 Å². The molecule has 3 heterocycles. The SMILES string of the molecule is CC(C)(C)CN1CCC[C@@H](N2CC[C@H](c3cc(=O)[nH]c(=O)[nH]3)C2)C1=O. The third-order valence-electron chi connectivity index (χ3n) is 5.05. The van der Waals surface area contributed by atoms with Crippen LogP contribution in [-0.2, 0) is 4.79 Å². The molecule has 25 heavy (non-hydrogen) atoms. The summed E-state index contributed by atoms with van der Waals surface area (Å²) in [4.78, 5) is 45.1. The number of nitrogens with one attached hydrogen (secondary N) is 2. The predicted octanol–water partition coefficient (Wildman–Crippen LogP) is 0.890. The van der Waals surface area contributed by atoms with Crippen LogP contribution >= 0.6 is 0 Å². The van der Waals surface area contributed by atoms with Crippen molar-refractivity contribution in [3.05, 3.63) is 32.6 Å². The number of rotatable bonds is 3. The molecule has 1 aromatic heterocycles. The van der Waals surface area contributed by atoms with Gasteiger partial charge >= 0.3 is 5.69 Å². The molecule has 2 N–H and O–H groups in total. The van der Waals surface area contributed by atoms with Crippen molar-refractivity contribution in [3.63, 3.8) is 0 Å². The average molecular weight is 348 g/mol. The Balaban J connectivity index is 1.69. The van der Waals surface area contributed by atoms with Crippen molar-refractivity contribution in [1.29, 1.82) is 0 Å². The van der Waals surface area contributed by atoms with Crippen molar-refractivity contribution in [2.45, 2.75) is 52.0 Å². The van der Waals surface area contributed by atoms with Gasteiger partial charge in [0.05, 0.1) is 6.04 Å². The zero-order valence-corrected chi connectivity index (χ0v) is 15.3. The maximum atomic E-state index is 12.9. The molecule has 2 saturated heterocycles. The lowest BCUT2D eigenvalue weighted by Crippen LogP contribution is -2.53. The zero-order valence-electron chi connectivity index (χ0n) is 15.3. The van der Waals surface area contributed by atoms with E-state index in [0.29, 0.717) is 12.2 Å². The quantitative estimate of drug-likeness (QED) is 0.849. The van der Waals surface area contributed by atoms with E-state index in [4.69, 9.17) is 0 Å². The summed E-state index contributed by atoms with van der Waals surface area (Å²) in [5, 5.41) is 0. The van der Waals surface area contributed by atoms with E-state index in [1.54, 1.807) is 0 Å². The number of H-pyrrole nitrogens is 2. The molecule has 1 amide bonds. The highest BCUT2D eigenvalue weighted by atomic mass is 16.2. The second kappa shape index (κ2) is 6.78. The average Bonchev–Trinajstić information content (AvgIpc) is 2.97. The molecule has 0 saturated carbocycles. The molecular weight excluding hydrogens is 320 g/mol. The van der Waals surface area contributed by atoms with E-state index in [9.17, 15) is 14.4 Å². The van der Waals surface area contributed by atoms with Gasteiger partial charge in [0.2, 0.25) is 5.91 Å². The summed E-state index contributed by atoms with van der Waals surface area (Å²) in [7, 11) is 0. The molecule has 2 aliphatic heterocycles. The molecule has 0 aromatic carbocycles. The van der Waals surface area contributed by atoms with Crippen molar-refractivity contribution < 1.29 is 4.79 Å². The van der Waals surface area contributed by atoms with Crippen LogP contribution in [0, 0.1) is 5.41 Å². The Morgan fingerprint density at radius 2 is 1.88 bits per heavy atom. The predicted molar refractivity (Wildman–Crippen MR) is 95.7 cm³/mol. The summed E-state index contributed by atoms with van der Waals surface area (Å²) in [6.45, 7) is 9.60. The number of amides is 1. The Bertz CT molecular complexity index is 717. The van der Waals surface area contributed by atoms with Crippen molar-refractivity contribution >= 4 is 5.91 Å². The Morgan fingerprint density at radius 3 is 2.56 bits per heavy atom. The molecule has 3 rings (SSSR count). The van der Waals surface area contributed by atoms with Gasteiger partial charge in [0.25, 0.3) is 5.56 Å². The fourth-order valence-corrected chi connectivity index (χ4v) is 4.02. The first-order valence-corrected chi connectivity index (χ1v) is 9.09. The minimum atomic E-state index is -0.467. The van der Waals surface area contributed by atoms with Gasteiger partial charge in [-0.3, -0.25) is 19.5 Å². The lowest BCUT2D eigenvalue weighted by molar-refractivity contribution is -0.141. The number of carbonyl (C=O) groups is 1. The van der Waals surface area contributed by atoms with Gasteiger partial charge in [0, 0.05) is 37.3 Å². The van der Waals surface area contributed by atoms with E-state index >= 15 is 0 Å². The molecule has 7 heteroatoms. The number of aromatic amines is 2. The van der Waals surface area contributed by atoms with E-state index in [1.165, 1.54) is 6.07 Å². The minimum Gasteiger partial charge on any atom is -0.341 e. The summed E-state index contributed by atoms with van der Waals surface area (Å²) in [5.74, 6) is 0.321. The third-order valence-corrected chi connectivity index (χ3v) is 5.05. The molecule has 2 atom stereocenters. The van der Waals surface area contributed by atoms with E-state index in [-0.39, 0.29) is 28.8 Å². The first-order chi connectivity index (χ1) is 11.7. The standard InChI is InChI=1S/C18H28N4O3/c1-18(2,3)11-22-7-4-5-14(16(22)24)21-8-6-12(10-21)13-9-15(23)20-17(25)19-13/h9,12,14H,4-8,10-11H2,1-3H3,(H2,19,20,23,25)/t12-,14+/m0/s1. The van der Waals surface area contributed by atoms with Gasteiger partial charge in [-0.1, -0.05) is 20.8 Å². The van der Waals surface area contributed by atoms with Crippen LogP contribution in [0.4, 0.5) is 0 Å². The first-order valence-electron chi connectivity index (χ1n) is 9.09. The molecule has 0 aliphatic carbocycles. The number of hydrogen-bond acceptors (Lipinski definition) is 4. The molecule has 0 unspecified atom stereocenters. The molecule has 2 fully saturated rings. The maximum absolute atomic E-state index is 12.9. The Hall–Kier alpha value is -1.89. The van der Waals surface area contributed by atoms with Crippen LogP contribution in [0.5, 0.6) is 0 Å². The van der Waals surface area contributed by atoms with Crippen LogP contribution in [0.15, 0.2) is 15.7 Å². The highest BCUT2D eigenvalue weighted by molar-refractivity contribution is 5.82. The third kappa shape index (κ3) is 4.21. The van der Waals surface area contributed by atoms with Crippen molar-refractivity contribution in [2.75, 3.05) is 26.2 Å². The zero-order chi connectivity index (χ0) is 18.2. The number of piperidine rings is 1. The van der Waals surface area contributed by atoms with E-state index in [2.05, 4.69) is 35.6 Å². The van der Waals surface area contributed by atoms with Gasteiger partial charge in [0.1, 0.15) is 0 Å². The monoisotopic (exact) mass is 348 g/mol. The van der Waals surface area contributed by atoms with Crippen LogP contribution in [-0.4, -0.2) is 57.9 Å². The summed E-state index contributed by atoms with van der Waals surface area (Å²) in [6.07, 6.45) is 2.76. The maximum Gasteiger partial charge on any atom is 0.325 e. The Morgan fingerprint density at radius 1 is 1.12 bits per heavy atom. The lowest BCUT2D eigenvalue weighted by atomic mass is 9.93. The van der Waals surface area contributed by atoms with Gasteiger partial charge in [-0.25, -0.2) is 4.79 Å². The van der Waals surface area contributed by atoms with Gasteiger partial charge in [-0.15, -0.1) is 0 Å². The molecular formula is C18H28N4O3. The minimum absolute atomic E-state index is 0.0742. The summed E-state index contributed by atoms with van der Waals surface area (Å²) < 4.78 is 0. The van der Waals surface area contributed by atoms with Gasteiger partial charge < -0.3 is 9.88 Å². The molecule has 7 nitrogen and oxygen atoms in total. The smallest absolute Gasteiger partial charge is 0.325 e. The highest BCUT2D eigenvalue weighted by Gasteiger charge is 2.38. The topological polar surface area (TPSA) is 89.3 Å². The van der Waals surface area contributed by atoms with Crippen molar-refractivity contribution in [3.8, 4) is 0 Å². The summed E-state index contributed by atoms with van der Waals surface area (Å²) >= 11 is 0. The largest absolute Gasteiger partial charge is 0.341 e. The van der Waals surface area contributed by atoms with Gasteiger partial charge in [-0.2, -0.15) is 0 Å². The van der Waals surface area contributed by atoms with Crippen LogP contribution in [0.25, 0.3) is 0 Å². The molecule has 2 aliphatic rings. The van der Waals surface area contributed by atoms with E-state index < -0.39 is 5.69 Å². The number of likely N-dealkylation sites (tertiary alicyclic amines) is 2. The first kappa shape index (κ1) is 17.9. The second-order valence-corrected chi connectivity index (χ2v) is 8.50. The molecule has 0 bridgehead atoms. The van der Waals surface area contributed by atoms with Gasteiger partial charge in [0.15, 0.2) is 0 Å². The van der Waals surface area contributed by atoms with Crippen LogP contribution in [0.3, 0.4) is 0 Å². The fraction of sp³-hybridized carbons (Fsp3) is 0.722. The number of nitrogens with zero attached hydrogens (tertiary/aromatic N) is 2. The summed E-state index contributed by atoms with van der Waals surface area (Å²) in [5.41, 5.74) is -0.0743. The van der Waals surface area contributed by atoms with Crippen LogP contribution < -0.4 is 11.2 Å². The summed E-state index contributed by atoms with van der Waals surface area (Å²) in [6, 6.07) is 1.39. The molecule has 0 spiro atoms. The normalized spacial score (nSPS) is 25.6. The van der Waals surface area contributed by atoms with Gasteiger partial charge in [-0.05, 0) is 31.2 Å². The Kier molecular flexibility index (Phi) is 4.86. The second-order valence-electron chi connectivity index (χ2n) is 8.50. The van der Waals surface area contributed by atoms with E-state index in [1.807, 2.05) is 4.90 Å². The van der Waals surface area contributed by atoms with Crippen LogP contribution in [0.2, 0.25) is 0 Å². The number of carbonyl (C=O) groups excluding carboxylic acids is 1. The van der Waals surface area contributed by atoms with Crippen LogP contribution in [0.1, 0.15) is 51.6 Å². The van der Waals surface area contributed by atoms with Crippen molar-refractivity contribution in [2.24, 2.45) is 5.41 Å². The molecule has 0 radical (unpaired) electrons. The molecule has 138 valence electrons. The fourth-order valence-electron chi connectivity index (χ4n) is 4.02. The highest BCUT2D eigenvalue weighted by Crippen LogP contribution is 2.30. The number of hydrogen-bond donors (Lipinski definition) is 2. The molecule has 1 aromatic rings. The van der Waals surface area contributed by atoms with Crippen molar-refractivity contribution in [1.82, 2.24) is 19.8 Å². The lowest BCUT2D eigenvalue weighted by Gasteiger charge is -2.39. The Labute approximate surface area is 147 Å².